The van der Waals surface area contributed by atoms with E-state index in [0.29, 0.717) is 25.2 Å². The first-order valence-corrected chi connectivity index (χ1v) is 15.3. The van der Waals surface area contributed by atoms with Gasteiger partial charge in [0, 0.05) is 44.5 Å². The second-order valence-electron chi connectivity index (χ2n) is 10.4. The highest BCUT2D eigenvalue weighted by Crippen LogP contribution is 2.28. The van der Waals surface area contributed by atoms with Crippen molar-refractivity contribution in [3.8, 4) is 22.4 Å². The van der Waals surface area contributed by atoms with Gasteiger partial charge in [0.15, 0.2) is 0 Å². The summed E-state index contributed by atoms with van der Waals surface area (Å²) in [5.74, 6) is -0.0131. The molecule has 13 heteroatoms. The Morgan fingerprint density at radius 1 is 0.933 bits per heavy atom. The number of anilines is 2. The van der Waals surface area contributed by atoms with Crippen molar-refractivity contribution in [3.05, 3.63) is 93.0 Å². The molecule has 234 valence electrons. The highest BCUT2D eigenvalue weighted by Gasteiger charge is 2.15. The van der Waals surface area contributed by atoms with Crippen LogP contribution in [0, 0.1) is 0 Å². The van der Waals surface area contributed by atoms with E-state index in [1.807, 2.05) is 48.5 Å². The van der Waals surface area contributed by atoms with Crippen LogP contribution in [0.3, 0.4) is 0 Å². The summed E-state index contributed by atoms with van der Waals surface area (Å²) in [6.07, 6.45) is 1.71. The normalized spacial score (nSPS) is 13.3. The number of ether oxygens (including phenoxy) is 1. The van der Waals surface area contributed by atoms with Crippen LogP contribution in [0.25, 0.3) is 22.4 Å². The predicted molar refractivity (Wildman–Crippen MR) is 176 cm³/mol. The molecular weight excluding hydrogens is 617 g/mol. The lowest BCUT2D eigenvalue weighted by atomic mass is 9.99. The van der Waals surface area contributed by atoms with Crippen LogP contribution in [-0.2, 0) is 22.5 Å². The molecule has 0 saturated carbocycles. The number of rotatable bonds is 10. The third kappa shape index (κ3) is 8.46. The molecule has 0 radical (unpaired) electrons. The summed E-state index contributed by atoms with van der Waals surface area (Å²) in [7, 11) is 0. The van der Waals surface area contributed by atoms with Gasteiger partial charge in [-0.1, -0.05) is 65.7 Å². The molecule has 2 aromatic carbocycles. The largest absolute Gasteiger partial charge is 0.379 e. The van der Waals surface area contributed by atoms with E-state index in [-0.39, 0.29) is 27.5 Å². The Bertz CT molecular complexity index is 1720. The van der Waals surface area contributed by atoms with Crippen molar-refractivity contribution in [2.45, 2.75) is 19.9 Å². The highest BCUT2D eigenvalue weighted by molar-refractivity contribution is 6.43. The van der Waals surface area contributed by atoms with E-state index in [4.69, 9.17) is 27.9 Å². The summed E-state index contributed by atoms with van der Waals surface area (Å²) in [5.41, 5.74) is 3.92. The Balaban J connectivity index is 1.26. The van der Waals surface area contributed by atoms with Crippen molar-refractivity contribution >= 4 is 46.5 Å². The van der Waals surface area contributed by atoms with Gasteiger partial charge in [-0.15, -0.1) is 0 Å². The van der Waals surface area contributed by atoms with Crippen LogP contribution in [-0.4, -0.2) is 71.0 Å². The molecule has 0 bridgehead atoms. The van der Waals surface area contributed by atoms with E-state index in [1.165, 1.54) is 23.0 Å². The number of pyridine rings is 1. The van der Waals surface area contributed by atoms with Gasteiger partial charge in [0.1, 0.15) is 15.9 Å². The average molecular weight is 651 g/mol. The zero-order chi connectivity index (χ0) is 31.8. The van der Waals surface area contributed by atoms with Gasteiger partial charge in [-0.2, -0.15) is 5.10 Å². The van der Waals surface area contributed by atoms with Crippen molar-refractivity contribution in [3.63, 3.8) is 0 Å². The van der Waals surface area contributed by atoms with Gasteiger partial charge in [0.25, 0.3) is 5.56 Å². The number of nitrogens with zero attached hydrogens (tertiary/aromatic N) is 4. The van der Waals surface area contributed by atoms with Gasteiger partial charge in [-0.25, -0.2) is 14.5 Å². The van der Waals surface area contributed by atoms with Crippen LogP contribution in [0.15, 0.2) is 71.7 Å². The van der Waals surface area contributed by atoms with E-state index in [0.717, 1.165) is 55.1 Å². The first-order chi connectivity index (χ1) is 21.8. The number of morpholine rings is 1. The Labute approximate surface area is 270 Å². The number of urea groups is 1. The van der Waals surface area contributed by atoms with E-state index < -0.39 is 11.6 Å². The minimum Gasteiger partial charge on any atom is -0.379 e. The smallest absolute Gasteiger partial charge is 0.323 e. The molecule has 1 aliphatic rings. The van der Waals surface area contributed by atoms with E-state index in [2.05, 4.69) is 30.9 Å². The van der Waals surface area contributed by atoms with Crippen molar-refractivity contribution < 1.29 is 14.3 Å². The highest BCUT2D eigenvalue weighted by atomic mass is 35.5. The lowest BCUT2D eigenvalue weighted by Gasteiger charge is -2.26. The number of halogens is 2. The zero-order valence-corrected chi connectivity index (χ0v) is 26.2. The predicted octanol–water partition coefficient (Wildman–Crippen LogP) is 4.93. The fraction of sp³-hybridized carbons (Fsp3) is 0.281. The quantitative estimate of drug-likeness (QED) is 0.208. The van der Waals surface area contributed by atoms with E-state index in [1.54, 1.807) is 6.92 Å². The Kier molecular flexibility index (Phi) is 10.8. The molecule has 45 heavy (non-hydrogen) atoms. The Morgan fingerprint density at radius 3 is 2.42 bits per heavy atom. The molecule has 0 unspecified atom stereocenters. The molecule has 11 nitrogen and oxygen atoms in total. The number of amides is 3. The summed E-state index contributed by atoms with van der Waals surface area (Å²) in [6, 6.07) is 17.9. The number of hydrogen-bond donors (Lipinski definition) is 3. The van der Waals surface area contributed by atoms with Crippen LogP contribution in [0.2, 0.25) is 10.2 Å². The topological polar surface area (TPSA) is 130 Å². The second-order valence-corrected chi connectivity index (χ2v) is 11.1. The molecule has 3 amide bonds. The fourth-order valence-electron chi connectivity index (χ4n) is 4.88. The molecule has 3 heterocycles. The molecule has 2 aromatic heterocycles. The Hall–Kier alpha value is -4.29. The van der Waals surface area contributed by atoms with Crippen LogP contribution in [0.1, 0.15) is 12.5 Å². The number of carbonyl (C=O) groups is 2. The lowest BCUT2D eigenvalue weighted by molar-refractivity contribution is -0.120. The number of carbonyl (C=O) groups excluding carboxylic acids is 2. The van der Waals surface area contributed by atoms with Gasteiger partial charge in [-0.3, -0.25) is 14.5 Å². The summed E-state index contributed by atoms with van der Waals surface area (Å²) in [6.45, 7) is 6.79. The summed E-state index contributed by atoms with van der Waals surface area (Å²) < 4.78 is 6.65. The molecule has 4 aromatic rings. The third-order valence-corrected chi connectivity index (χ3v) is 8.05. The minimum atomic E-state index is -0.671. The molecule has 1 fully saturated rings. The molecule has 3 N–H and O–H groups in total. The molecule has 0 aliphatic carbocycles. The standard InChI is InChI=1S/C32H33Cl2N7O4/c1-2-41-31(43)27(38-32(44)37-25-10-11-36-30(34)29(25)33)20-26(39-41)24-5-3-4-23(19-24)22-8-6-21(7-9-22)18-28(42)35-12-13-40-14-16-45-17-15-40/h3-11,19-20H,2,12-18H2,1H3,(H,35,42)(H2,36,37,38,44). The average Bonchev–Trinajstić information content (AvgIpc) is 3.05. The first kappa shape index (κ1) is 32.1. The van der Waals surface area contributed by atoms with Crippen LogP contribution >= 0.6 is 23.2 Å². The summed E-state index contributed by atoms with van der Waals surface area (Å²) in [4.78, 5) is 44.4. The SMILES string of the molecule is CCn1nc(-c2cccc(-c3ccc(CC(=O)NCCN4CCOCC4)cc3)c2)cc(NC(=O)Nc2ccnc(Cl)c2Cl)c1=O. The van der Waals surface area contributed by atoms with Gasteiger partial charge >= 0.3 is 6.03 Å². The number of aryl methyl sites for hydroxylation is 1. The monoisotopic (exact) mass is 649 g/mol. The molecule has 1 aliphatic heterocycles. The number of hydrogen-bond acceptors (Lipinski definition) is 7. The first-order valence-electron chi connectivity index (χ1n) is 14.6. The maximum Gasteiger partial charge on any atom is 0.323 e. The van der Waals surface area contributed by atoms with Crippen LogP contribution in [0.5, 0.6) is 0 Å². The number of nitrogens with one attached hydrogen (secondary N) is 3. The van der Waals surface area contributed by atoms with Crippen molar-refractivity contribution in [2.24, 2.45) is 0 Å². The fourth-order valence-corrected chi connectivity index (χ4v) is 5.19. The molecule has 1 saturated heterocycles. The van der Waals surface area contributed by atoms with Gasteiger partial charge in [0.05, 0.1) is 31.0 Å². The molecule has 0 spiro atoms. The third-order valence-electron chi connectivity index (χ3n) is 7.28. The molecule has 0 atom stereocenters. The van der Waals surface area contributed by atoms with E-state index in [9.17, 15) is 14.4 Å². The molecular formula is C32H33Cl2N7O4. The van der Waals surface area contributed by atoms with Crippen molar-refractivity contribution in [1.29, 1.82) is 0 Å². The van der Waals surface area contributed by atoms with Crippen molar-refractivity contribution in [2.75, 3.05) is 50.0 Å². The van der Waals surface area contributed by atoms with Crippen LogP contribution in [0.4, 0.5) is 16.2 Å². The van der Waals surface area contributed by atoms with Gasteiger partial charge in [0.2, 0.25) is 5.91 Å². The summed E-state index contributed by atoms with van der Waals surface area (Å²) >= 11 is 12.1. The van der Waals surface area contributed by atoms with Gasteiger partial charge < -0.3 is 20.7 Å². The zero-order valence-electron chi connectivity index (χ0n) is 24.7. The number of benzene rings is 2. The van der Waals surface area contributed by atoms with E-state index >= 15 is 0 Å². The maximum atomic E-state index is 13.0. The number of aromatic nitrogens is 3. The molecule has 5 rings (SSSR count). The van der Waals surface area contributed by atoms with Crippen LogP contribution < -0.4 is 21.5 Å². The summed E-state index contributed by atoms with van der Waals surface area (Å²) in [5, 5.41) is 12.8. The lowest BCUT2D eigenvalue weighted by Crippen LogP contribution is -2.41. The maximum absolute atomic E-state index is 13.0. The Morgan fingerprint density at radius 2 is 1.67 bits per heavy atom. The van der Waals surface area contributed by atoms with Crippen molar-refractivity contribution in [1.82, 2.24) is 25.0 Å². The minimum absolute atomic E-state index is 0.0131. The second kappa shape index (κ2) is 15.1. The van der Waals surface area contributed by atoms with Gasteiger partial charge in [-0.05, 0) is 41.8 Å².